The molecule has 2 aromatic carbocycles. The van der Waals surface area contributed by atoms with Crippen molar-refractivity contribution in [3.63, 3.8) is 0 Å². The first kappa shape index (κ1) is 7.94. The topological polar surface area (TPSA) is 3.24 Å². The van der Waals surface area contributed by atoms with Crippen molar-refractivity contribution in [1.82, 2.24) is 0 Å². The SMILES string of the molecule is CN1C(=S)c2cccc3cccc1c23. The Hall–Kier alpha value is -1.41. The predicted octanol–water partition coefficient (Wildman–Crippen LogP) is 2.97. The summed E-state index contributed by atoms with van der Waals surface area (Å²) in [5.74, 6) is 0. The Labute approximate surface area is 88.0 Å². The summed E-state index contributed by atoms with van der Waals surface area (Å²) < 4.78 is 0. The molecule has 0 radical (unpaired) electrons. The van der Waals surface area contributed by atoms with Gasteiger partial charge in [0.2, 0.25) is 0 Å². The molecule has 2 heteroatoms. The predicted molar refractivity (Wildman–Crippen MR) is 64.1 cm³/mol. The molecule has 0 N–H and O–H groups in total. The van der Waals surface area contributed by atoms with Gasteiger partial charge in [0, 0.05) is 18.0 Å². The van der Waals surface area contributed by atoms with E-state index in [-0.39, 0.29) is 0 Å². The van der Waals surface area contributed by atoms with Crippen molar-refractivity contribution in [1.29, 1.82) is 0 Å². The monoisotopic (exact) mass is 199 g/mol. The number of thiocarbonyl (C=S) groups is 1. The van der Waals surface area contributed by atoms with Gasteiger partial charge >= 0.3 is 0 Å². The van der Waals surface area contributed by atoms with E-state index in [1.165, 1.54) is 22.0 Å². The van der Waals surface area contributed by atoms with Gasteiger partial charge in [0.25, 0.3) is 0 Å². The van der Waals surface area contributed by atoms with Crippen molar-refractivity contribution in [2.45, 2.75) is 0 Å². The zero-order valence-electron chi connectivity index (χ0n) is 7.82. The third-order valence-corrected chi connectivity index (χ3v) is 3.27. The molecule has 0 amide bonds. The lowest BCUT2D eigenvalue weighted by atomic mass is 10.1. The van der Waals surface area contributed by atoms with Gasteiger partial charge in [-0.3, -0.25) is 0 Å². The second kappa shape index (κ2) is 2.55. The quantitative estimate of drug-likeness (QED) is 0.600. The van der Waals surface area contributed by atoms with Gasteiger partial charge < -0.3 is 4.90 Å². The molecular formula is C12H9NS. The van der Waals surface area contributed by atoms with Gasteiger partial charge in [-0.05, 0) is 11.5 Å². The van der Waals surface area contributed by atoms with Crippen LogP contribution >= 0.6 is 12.2 Å². The zero-order valence-corrected chi connectivity index (χ0v) is 8.64. The fraction of sp³-hybridized carbons (Fsp3) is 0.0833. The van der Waals surface area contributed by atoms with Crippen molar-refractivity contribution >= 4 is 33.7 Å². The van der Waals surface area contributed by atoms with E-state index in [0.717, 1.165) is 4.99 Å². The molecule has 0 saturated carbocycles. The van der Waals surface area contributed by atoms with E-state index in [2.05, 4.69) is 41.3 Å². The maximum atomic E-state index is 5.38. The van der Waals surface area contributed by atoms with Crippen LogP contribution in [-0.2, 0) is 0 Å². The molecule has 0 saturated heterocycles. The van der Waals surface area contributed by atoms with Crippen LogP contribution in [0, 0.1) is 0 Å². The van der Waals surface area contributed by atoms with Gasteiger partial charge in [-0.1, -0.05) is 42.5 Å². The lowest BCUT2D eigenvalue weighted by Gasteiger charge is -2.11. The minimum absolute atomic E-state index is 0.928. The van der Waals surface area contributed by atoms with Gasteiger partial charge in [-0.25, -0.2) is 0 Å². The molecule has 14 heavy (non-hydrogen) atoms. The number of benzene rings is 2. The summed E-state index contributed by atoms with van der Waals surface area (Å²) in [5, 5.41) is 2.56. The summed E-state index contributed by atoms with van der Waals surface area (Å²) in [6.07, 6.45) is 0. The molecule has 0 aromatic heterocycles. The standard InChI is InChI=1S/C12H9NS/c1-13-10-7-3-5-8-4-2-6-9(11(8)10)12(13)14/h2-7H,1H3. The smallest absolute Gasteiger partial charge is 0.114 e. The van der Waals surface area contributed by atoms with Crippen LogP contribution in [0.4, 0.5) is 5.69 Å². The second-order valence-corrected chi connectivity index (χ2v) is 3.93. The van der Waals surface area contributed by atoms with Gasteiger partial charge in [0.15, 0.2) is 0 Å². The lowest BCUT2D eigenvalue weighted by molar-refractivity contribution is 1.33. The van der Waals surface area contributed by atoms with Gasteiger partial charge in [0.1, 0.15) is 4.99 Å². The van der Waals surface area contributed by atoms with Crippen LogP contribution in [-0.4, -0.2) is 12.0 Å². The van der Waals surface area contributed by atoms with Gasteiger partial charge in [-0.15, -0.1) is 0 Å². The van der Waals surface area contributed by atoms with Crippen LogP contribution in [0.15, 0.2) is 36.4 Å². The number of nitrogens with zero attached hydrogens (tertiary/aromatic N) is 1. The highest BCUT2D eigenvalue weighted by Gasteiger charge is 2.22. The molecule has 68 valence electrons. The fourth-order valence-corrected chi connectivity index (χ4v) is 2.34. The van der Waals surface area contributed by atoms with E-state index >= 15 is 0 Å². The molecule has 0 fully saturated rings. The van der Waals surface area contributed by atoms with Crippen LogP contribution in [0.2, 0.25) is 0 Å². The van der Waals surface area contributed by atoms with Crippen molar-refractivity contribution in [3.8, 4) is 0 Å². The largest absolute Gasteiger partial charge is 0.335 e. The fourth-order valence-electron chi connectivity index (χ4n) is 2.07. The normalized spacial score (nSPS) is 14.1. The molecule has 3 rings (SSSR count). The second-order valence-electron chi connectivity index (χ2n) is 3.54. The van der Waals surface area contributed by atoms with Crippen LogP contribution in [0.25, 0.3) is 10.8 Å². The summed E-state index contributed by atoms with van der Waals surface area (Å²) in [6.45, 7) is 0. The van der Waals surface area contributed by atoms with E-state index in [9.17, 15) is 0 Å². The van der Waals surface area contributed by atoms with E-state index in [1.807, 2.05) is 7.05 Å². The minimum atomic E-state index is 0.928. The third kappa shape index (κ3) is 0.814. The first-order valence-corrected chi connectivity index (χ1v) is 4.99. The summed E-state index contributed by atoms with van der Waals surface area (Å²) in [7, 11) is 2.02. The molecule has 0 unspecified atom stereocenters. The maximum Gasteiger partial charge on any atom is 0.114 e. The lowest BCUT2D eigenvalue weighted by Crippen LogP contribution is -2.19. The van der Waals surface area contributed by atoms with Crippen molar-refractivity contribution in [3.05, 3.63) is 42.0 Å². The van der Waals surface area contributed by atoms with Crippen LogP contribution in [0.5, 0.6) is 0 Å². The van der Waals surface area contributed by atoms with E-state index in [0.29, 0.717) is 0 Å². The summed E-state index contributed by atoms with van der Waals surface area (Å²) in [5.41, 5.74) is 2.42. The van der Waals surface area contributed by atoms with Crippen LogP contribution < -0.4 is 4.90 Å². The molecule has 0 atom stereocenters. The molecule has 0 spiro atoms. The molecule has 1 heterocycles. The van der Waals surface area contributed by atoms with Gasteiger partial charge in [-0.2, -0.15) is 0 Å². The Bertz CT molecular complexity index is 540. The van der Waals surface area contributed by atoms with Crippen LogP contribution in [0.1, 0.15) is 5.56 Å². The number of anilines is 1. The van der Waals surface area contributed by atoms with Gasteiger partial charge in [0.05, 0.1) is 5.69 Å². The zero-order chi connectivity index (χ0) is 9.71. The molecule has 2 aromatic rings. The first-order valence-electron chi connectivity index (χ1n) is 4.59. The minimum Gasteiger partial charge on any atom is -0.335 e. The van der Waals surface area contributed by atoms with Crippen molar-refractivity contribution < 1.29 is 0 Å². The summed E-state index contributed by atoms with van der Waals surface area (Å²) in [4.78, 5) is 3.00. The molecule has 1 nitrogen and oxygen atoms in total. The number of hydrogen-bond donors (Lipinski definition) is 0. The van der Waals surface area contributed by atoms with Crippen molar-refractivity contribution in [2.75, 3.05) is 11.9 Å². The average molecular weight is 199 g/mol. The number of rotatable bonds is 0. The summed E-state index contributed by atoms with van der Waals surface area (Å²) in [6, 6.07) is 12.6. The first-order chi connectivity index (χ1) is 6.79. The van der Waals surface area contributed by atoms with E-state index in [1.54, 1.807) is 0 Å². The van der Waals surface area contributed by atoms with Crippen molar-refractivity contribution in [2.24, 2.45) is 0 Å². The third-order valence-electron chi connectivity index (χ3n) is 2.78. The molecular weight excluding hydrogens is 190 g/mol. The average Bonchev–Trinajstić information content (AvgIpc) is 2.47. The highest BCUT2D eigenvalue weighted by Crippen LogP contribution is 2.36. The Kier molecular flexibility index (Phi) is 1.45. The summed E-state index contributed by atoms with van der Waals surface area (Å²) >= 11 is 5.38. The van der Waals surface area contributed by atoms with E-state index in [4.69, 9.17) is 12.2 Å². The highest BCUT2D eigenvalue weighted by atomic mass is 32.1. The molecule has 0 bridgehead atoms. The Morgan fingerprint density at radius 2 is 1.79 bits per heavy atom. The molecule has 1 aliphatic heterocycles. The van der Waals surface area contributed by atoms with E-state index < -0.39 is 0 Å². The Balaban J connectivity index is 2.55. The number of hydrogen-bond acceptors (Lipinski definition) is 1. The highest BCUT2D eigenvalue weighted by molar-refractivity contribution is 7.81. The maximum absolute atomic E-state index is 5.38. The Morgan fingerprint density at radius 1 is 1.07 bits per heavy atom. The molecule has 0 aliphatic carbocycles. The molecule has 1 aliphatic rings. The van der Waals surface area contributed by atoms with Crippen LogP contribution in [0.3, 0.4) is 0 Å². The Morgan fingerprint density at radius 3 is 2.57 bits per heavy atom.